The van der Waals surface area contributed by atoms with Gasteiger partial charge in [-0.15, -0.1) is 10.2 Å². The summed E-state index contributed by atoms with van der Waals surface area (Å²) in [6.07, 6.45) is 1.85. The Morgan fingerprint density at radius 2 is 2.00 bits per heavy atom. The number of likely N-dealkylation sites (N-methyl/N-ethyl adjacent to an activating group) is 1. The van der Waals surface area contributed by atoms with Crippen LogP contribution in [-0.2, 0) is 4.79 Å². The van der Waals surface area contributed by atoms with E-state index >= 15 is 0 Å². The van der Waals surface area contributed by atoms with Crippen molar-refractivity contribution < 1.29 is 9.21 Å². The number of aromatic nitrogens is 2. The molecule has 1 aliphatic heterocycles. The van der Waals surface area contributed by atoms with Crippen LogP contribution in [0.5, 0.6) is 0 Å². The molecule has 4 rings (SSSR count). The second kappa shape index (κ2) is 8.02. The van der Waals surface area contributed by atoms with Crippen LogP contribution in [0.15, 0.2) is 51.6 Å². The molecule has 3 aromatic rings. The normalized spacial score (nSPS) is 15.7. The topological polar surface area (TPSA) is 62.5 Å². The molecule has 3 heterocycles. The van der Waals surface area contributed by atoms with E-state index < -0.39 is 0 Å². The number of para-hydroxylation sites is 1. The van der Waals surface area contributed by atoms with Crippen LogP contribution in [0.25, 0.3) is 11.5 Å². The monoisotopic (exact) mass is 382 g/mol. The molecule has 0 aliphatic carbocycles. The van der Waals surface area contributed by atoms with Gasteiger partial charge in [0.15, 0.2) is 0 Å². The molecule has 2 aromatic heterocycles. The van der Waals surface area contributed by atoms with Gasteiger partial charge in [0, 0.05) is 29.6 Å². The van der Waals surface area contributed by atoms with Crippen LogP contribution in [0.4, 0.5) is 5.69 Å². The molecule has 0 unspecified atom stereocenters. The molecule has 1 aromatic carbocycles. The van der Waals surface area contributed by atoms with Gasteiger partial charge in [-0.1, -0.05) is 18.2 Å². The summed E-state index contributed by atoms with van der Waals surface area (Å²) in [5.74, 6) is 1.68. The minimum atomic E-state index is 0.109. The van der Waals surface area contributed by atoms with Gasteiger partial charge >= 0.3 is 0 Å². The summed E-state index contributed by atoms with van der Waals surface area (Å²) in [7, 11) is 1.83. The predicted molar refractivity (Wildman–Crippen MR) is 106 cm³/mol. The molecule has 1 fully saturated rings. The van der Waals surface area contributed by atoms with Gasteiger partial charge in [0.25, 0.3) is 0 Å². The molecule has 1 aliphatic rings. The van der Waals surface area contributed by atoms with Gasteiger partial charge in [0.1, 0.15) is 0 Å². The molecule has 6 nitrogen and oxygen atoms in total. The third-order valence-corrected chi connectivity index (χ3v) is 5.71. The molecular formula is C20H22N4O2S. The Morgan fingerprint density at radius 1 is 1.22 bits per heavy atom. The fourth-order valence-electron chi connectivity index (χ4n) is 3.33. The van der Waals surface area contributed by atoms with Crippen molar-refractivity contribution in [1.82, 2.24) is 15.1 Å². The predicted octanol–water partition coefficient (Wildman–Crippen LogP) is 3.64. The van der Waals surface area contributed by atoms with Gasteiger partial charge in [0.05, 0.1) is 6.54 Å². The highest BCUT2D eigenvalue weighted by atomic mass is 32.1. The number of anilines is 1. The second-order valence-corrected chi connectivity index (χ2v) is 7.58. The summed E-state index contributed by atoms with van der Waals surface area (Å²) in [6.45, 7) is 2.15. The Morgan fingerprint density at radius 3 is 2.70 bits per heavy atom. The SMILES string of the molecule is CN(C(=O)CN1CCC(c2nnc(-c3ccsc3)o2)CC1)c1ccccc1. The molecule has 0 atom stereocenters. The van der Waals surface area contributed by atoms with E-state index in [0.717, 1.165) is 37.2 Å². The molecule has 0 N–H and O–H groups in total. The number of hydrogen-bond acceptors (Lipinski definition) is 6. The lowest BCUT2D eigenvalue weighted by Gasteiger charge is -2.31. The van der Waals surface area contributed by atoms with Gasteiger partial charge in [-0.3, -0.25) is 9.69 Å². The lowest BCUT2D eigenvalue weighted by molar-refractivity contribution is -0.119. The number of carbonyl (C=O) groups excluding carboxylic acids is 1. The molecule has 0 bridgehead atoms. The summed E-state index contributed by atoms with van der Waals surface area (Å²) < 4.78 is 5.87. The van der Waals surface area contributed by atoms with E-state index in [1.54, 1.807) is 16.2 Å². The average Bonchev–Trinajstić information content (AvgIpc) is 3.40. The van der Waals surface area contributed by atoms with E-state index in [1.165, 1.54) is 0 Å². The van der Waals surface area contributed by atoms with Crippen molar-refractivity contribution in [2.75, 3.05) is 31.6 Å². The molecule has 1 amide bonds. The quantitative estimate of drug-likeness (QED) is 0.674. The maximum atomic E-state index is 12.5. The molecule has 0 spiro atoms. The van der Waals surface area contributed by atoms with E-state index in [1.807, 2.05) is 54.2 Å². The Kier molecular flexibility index (Phi) is 5.31. The number of thiophene rings is 1. The van der Waals surface area contributed by atoms with Crippen molar-refractivity contribution >= 4 is 22.9 Å². The summed E-state index contributed by atoms with van der Waals surface area (Å²) in [5.41, 5.74) is 1.90. The Hall–Kier alpha value is -2.51. The first-order valence-electron chi connectivity index (χ1n) is 9.10. The zero-order valence-electron chi connectivity index (χ0n) is 15.2. The molecule has 7 heteroatoms. The lowest BCUT2D eigenvalue weighted by atomic mass is 9.97. The van der Waals surface area contributed by atoms with Crippen LogP contribution >= 0.6 is 11.3 Å². The first kappa shape index (κ1) is 17.9. The third-order valence-electron chi connectivity index (χ3n) is 5.02. The number of piperidine rings is 1. The molecule has 0 radical (unpaired) electrons. The van der Waals surface area contributed by atoms with Crippen molar-refractivity contribution in [1.29, 1.82) is 0 Å². The average molecular weight is 382 g/mol. The van der Waals surface area contributed by atoms with E-state index in [2.05, 4.69) is 15.1 Å². The summed E-state index contributed by atoms with van der Waals surface area (Å²) in [5, 5.41) is 12.4. The molecule has 27 heavy (non-hydrogen) atoms. The summed E-state index contributed by atoms with van der Waals surface area (Å²) in [4.78, 5) is 16.5. The minimum Gasteiger partial charge on any atom is -0.420 e. The van der Waals surface area contributed by atoms with Crippen LogP contribution < -0.4 is 4.90 Å². The molecule has 140 valence electrons. The maximum absolute atomic E-state index is 12.5. The Balaban J connectivity index is 1.31. The van der Waals surface area contributed by atoms with E-state index in [-0.39, 0.29) is 11.8 Å². The smallest absolute Gasteiger partial charge is 0.248 e. The number of carbonyl (C=O) groups is 1. The number of rotatable bonds is 5. The number of hydrogen-bond donors (Lipinski definition) is 0. The van der Waals surface area contributed by atoms with Gasteiger partial charge in [-0.25, -0.2) is 0 Å². The number of benzene rings is 1. The first-order chi connectivity index (χ1) is 13.2. The van der Waals surface area contributed by atoms with Crippen LogP contribution in [0.3, 0.4) is 0 Å². The van der Waals surface area contributed by atoms with Gasteiger partial charge in [-0.05, 0) is 49.5 Å². The third kappa shape index (κ3) is 4.09. The Bertz CT molecular complexity index is 871. The fourth-order valence-corrected chi connectivity index (χ4v) is 3.96. The highest BCUT2D eigenvalue weighted by molar-refractivity contribution is 7.08. The van der Waals surface area contributed by atoms with Gasteiger partial charge in [0.2, 0.25) is 17.7 Å². The Labute approximate surface area is 162 Å². The first-order valence-corrected chi connectivity index (χ1v) is 10.0. The number of likely N-dealkylation sites (tertiary alicyclic amines) is 1. The van der Waals surface area contributed by atoms with Crippen molar-refractivity contribution in [2.45, 2.75) is 18.8 Å². The molecule has 1 saturated heterocycles. The lowest BCUT2D eigenvalue weighted by Crippen LogP contribution is -2.42. The zero-order chi connectivity index (χ0) is 18.6. The number of nitrogens with zero attached hydrogens (tertiary/aromatic N) is 4. The number of amides is 1. The van der Waals surface area contributed by atoms with Crippen molar-refractivity contribution in [3.05, 3.63) is 53.0 Å². The second-order valence-electron chi connectivity index (χ2n) is 6.80. The van der Waals surface area contributed by atoms with Gasteiger partial charge in [-0.2, -0.15) is 11.3 Å². The summed E-state index contributed by atoms with van der Waals surface area (Å²) in [6, 6.07) is 11.7. The van der Waals surface area contributed by atoms with E-state index in [0.29, 0.717) is 18.3 Å². The van der Waals surface area contributed by atoms with E-state index in [4.69, 9.17) is 4.42 Å². The van der Waals surface area contributed by atoms with Crippen LogP contribution in [0.1, 0.15) is 24.7 Å². The van der Waals surface area contributed by atoms with Crippen LogP contribution in [0, 0.1) is 0 Å². The highest BCUT2D eigenvalue weighted by Gasteiger charge is 2.27. The van der Waals surface area contributed by atoms with Gasteiger partial charge < -0.3 is 9.32 Å². The van der Waals surface area contributed by atoms with Crippen molar-refractivity contribution in [3.63, 3.8) is 0 Å². The minimum absolute atomic E-state index is 0.109. The fraction of sp³-hybridized carbons (Fsp3) is 0.350. The highest BCUT2D eigenvalue weighted by Crippen LogP contribution is 2.30. The van der Waals surface area contributed by atoms with Crippen LogP contribution in [-0.4, -0.2) is 47.7 Å². The summed E-state index contributed by atoms with van der Waals surface area (Å²) >= 11 is 1.62. The molecule has 0 saturated carbocycles. The van der Waals surface area contributed by atoms with Crippen LogP contribution in [0.2, 0.25) is 0 Å². The van der Waals surface area contributed by atoms with E-state index in [9.17, 15) is 4.79 Å². The van der Waals surface area contributed by atoms with Crippen molar-refractivity contribution in [3.8, 4) is 11.5 Å². The molecular weight excluding hydrogens is 360 g/mol. The van der Waals surface area contributed by atoms with Crippen molar-refractivity contribution in [2.24, 2.45) is 0 Å². The zero-order valence-corrected chi connectivity index (χ0v) is 16.1. The largest absolute Gasteiger partial charge is 0.420 e. The standard InChI is InChI=1S/C20H22N4O2S/c1-23(17-5-3-2-4-6-17)18(25)13-24-10-7-15(8-11-24)19-21-22-20(26-19)16-9-12-27-14-16/h2-6,9,12,14-15H,7-8,10-11,13H2,1H3. The maximum Gasteiger partial charge on any atom is 0.248 e.